The number of halogens is 1. The standard InChI is InChI=1S/C38H33IN4O6/c1-19-15-30(44)34-28(35(19)45)18-27-25(32(34)20-16-29(39)36(46)31(17-20)49-4)13-14-26-33(27)38(48)43(37(26)47)24-11-7-22(8-12-24)41-40-21-5-9-23(10-6-21)42(2)3/h5-13,15-17,26-27,32-33,46H,14,18H2,1-4H3. The van der Waals surface area contributed by atoms with Crippen molar-refractivity contribution >= 4 is 68.7 Å². The molecule has 4 unspecified atom stereocenters. The number of ketones is 2. The molecule has 3 aliphatic carbocycles. The Morgan fingerprint density at radius 1 is 0.918 bits per heavy atom. The van der Waals surface area contributed by atoms with Gasteiger partial charge in [0.25, 0.3) is 0 Å². The molecule has 0 spiro atoms. The number of benzene rings is 3. The lowest BCUT2D eigenvalue weighted by Gasteiger charge is -2.42. The summed E-state index contributed by atoms with van der Waals surface area (Å²) in [5.41, 5.74) is 5.35. The molecule has 1 heterocycles. The minimum atomic E-state index is -0.708. The molecule has 49 heavy (non-hydrogen) atoms. The number of ether oxygens (including phenoxy) is 1. The third-order valence-corrected chi connectivity index (χ3v) is 10.7. The van der Waals surface area contributed by atoms with E-state index in [-0.39, 0.29) is 41.3 Å². The van der Waals surface area contributed by atoms with Crippen LogP contribution in [0.2, 0.25) is 0 Å². The van der Waals surface area contributed by atoms with E-state index in [1.165, 1.54) is 18.1 Å². The summed E-state index contributed by atoms with van der Waals surface area (Å²) in [4.78, 5) is 58.6. The number of methoxy groups -OCH3 is 1. The van der Waals surface area contributed by atoms with Gasteiger partial charge < -0.3 is 14.7 Å². The molecule has 0 radical (unpaired) electrons. The normalized spacial score (nSPS) is 23.3. The number of anilines is 2. The van der Waals surface area contributed by atoms with Crippen molar-refractivity contribution in [3.63, 3.8) is 0 Å². The number of Topliss-reactive ketones (excluding diaryl/α,β-unsaturated/α-hetero) is 1. The van der Waals surface area contributed by atoms with Crippen molar-refractivity contribution in [2.75, 3.05) is 31.0 Å². The molecule has 1 saturated heterocycles. The van der Waals surface area contributed by atoms with E-state index in [9.17, 15) is 24.3 Å². The lowest BCUT2D eigenvalue weighted by molar-refractivity contribution is -0.123. The summed E-state index contributed by atoms with van der Waals surface area (Å²) in [6.45, 7) is 1.62. The van der Waals surface area contributed by atoms with Gasteiger partial charge in [-0.2, -0.15) is 10.2 Å². The predicted octanol–water partition coefficient (Wildman–Crippen LogP) is 7.12. The van der Waals surface area contributed by atoms with Crippen LogP contribution in [0, 0.1) is 21.3 Å². The van der Waals surface area contributed by atoms with Gasteiger partial charge in [0, 0.05) is 42.4 Å². The Morgan fingerprint density at radius 3 is 2.20 bits per heavy atom. The number of nitrogens with zero attached hydrogens (tertiary/aromatic N) is 4. The Hall–Kier alpha value is -4.91. The van der Waals surface area contributed by atoms with Crippen molar-refractivity contribution in [3.05, 3.63) is 104 Å². The Kier molecular flexibility index (Phi) is 8.34. The van der Waals surface area contributed by atoms with Crippen LogP contribution in [-0.4, -0.2) is 49.7 Å². The number of fused-ring (bicyclic) bond motifs is 3. The van der Waals surface area contributed by atoms with E-state index >= 15 is 0 Å². The highest BCUT2D eigenvalue weighted by atomic mass is 127. The van der Waals surface area contributed by atoms with E-state index < -0.39 is 23.7 Å². The Bertz CT molecular complexity index is 2060. The summed E-state index contributed by atoms with van der Waals surface area (Å²) >= 11 is 2.01. The molecule has 4 aliphatic rings. The second kappa shape index (κ2) is 12.5. The summed E-state index contributed by atoms with van der Waals surface area (Å²) in [6.07, 6.45) is 3.85. The van der Waals surface area contributed by atoms with E-state index in [4.69, 9.17) is 4.74 Å². The van der Waals surface area contributed by atoms with Gasteiger partial charge in [0.2, 0.25) is 11.8 Å². The highest BCUT2D eigenvalue weighted by Crippen LogP contribution is 2.56. The molecule has 248 valence electrons. The fraction of sp³-hybridized carbons (Fsp3) is 0.263. The Labute approximate surface area is 297 Å². The number of phenols is 1. The van der Waals surface area contributed by atoms with Crippen LogP contribution in [-0.2, 0) is 19.2 Å². The SMILES string of the molecule is COc1cc(C2C3=CCC4C(=O)N(c5ccc(N=Nc6ccc(N(C)C)cc6)cc5)C(=O)C4C3CC3=C2C(=O)C=C(C)C3=O)cc(I)c1O. The number of imide groups is 1. The molecule has 1 N–H and O–H groups in total. The topological polar surface area (TPSA) is 129 Å². The number of phenolic OH excluding ortho intramolecular Hbond substituents is 1. The third kappa shape index (κ3) is 5.49. The molecule has 0 bridgehead atoms. The van der Waals surface area contributed by atoms with E-state index in [1.54, 1.807) is 43.3 Å². The monoisotopic (exact) mass is 768 g/mol. The number of carbonyl (C=O) groups is 4. The van der Waals surface area contributed by atoms with Gasteiger partial charge in [-0.05, 0) is 121 Å². The Balaban J connectivity index is 1.21. The first-order valence-corrected chi connectivity index (χ1v) is 17.0. The summed E-state index contributed by atoms with van der Waals surface area (Å²) in [6, 6.07) is 17.9. The number of carbonyl (C=O) groups excluding carboxylic acids is 4. The first kappa shape index (κ1) is 32.6. The van der Waals surface area contributed by atoms with Crippen LogP contribution in [0.5, 0.6) is 11.5 Å². The largest absolute Gasteiger partial charge is 0.504 e. The molecule has 0 saturated carbocycles. The number of aromatic hydroxyl groups is 1. The van der Waals surface area contributed by atoms with Crippen LogP contribution in [0.4, 0.5) is 22.7 Å². The number of azo groups is 1. The first-order chi connectivity index (χ1) is 23.5. The number of hydrogen-bond donors (Lipinski definition) is 1. The molecule has 1 fully saturated rings. The van der Waals surface area contributed by atoms with E-state index in [0.717, 1.165) is 11.3 Å². The fourth-order valence-electron chi connectivity index (χ4n) is 7.53. The molecule has 0 aromatic heterocycles. The minimum absolute atomic E-state index is 0.0220. The highest BCUT2D eigenvalue weighted by Gasteiger charge is 2.56. The quantitative estimate of drug-likeness (QED) is 0.0930. The average molecular weight is 769 g/mol. The van der Waals surface area contributed by atoms with Gasteiger partial charge in [0.05, 0.1) is 39.6 Å². The predicted molar refractivity (Wildman–Crippen MR) is 193 cm³/mol. The van der Waals surface area contributed by atoms with Crippen LogP contribution >= 0.6 is 22.6 Å². The molecule has 10 nitrogen and oxygen atoms in total. The molecular weight excluding hydrogens is 735 g/mol. The Morgan fingerprint density at radius 2 is 1.57 bits per heavy atom. The van der Waals surface area contributed by atoms with E-state index in [1.807, 2.05) is 71.9 Å². The first-order valence-electron chi connectivity index (χ1n) is 15.9. The molecule has 2 amide bonds. The zero-order valence-electron chi connectivity index (χ0n) is 27.3. The van der Waals surface area contributed by atoms with E-state index in [0.29, 0.717) is 49.3 Å². The zero-order valence-corrected chi connectivity index (χ0v) is 29.5. The van der Waals surface area contributed by atoms with Crippen LogP contribution in [0.25, 0.3) is 0 Å². The summed E-state index contributed by atoms with van der Waals surface area (Å²) < 4.78 is 5.97. The molecule has 3 aromatic rings. The van der Waals surface area contributed by atoms with Gasteiger partial charge in [0.15, 0.2) is 23.1 Å². The molecule has 1 aliphatic heterocycles. The van der Waals surface area contributed by atoms with Gasteiger partial charge in [-0.15, -0.1) is 0 Å². The maximum atomic E-state index is 14.3. The second-order valence-corrected chi connectivity index (χ2v) is 14.1. The number of hydrogen-bond acceptors (Lipinski definition) is 9. The third-order valence-electron chi connectivity index (χ3n) is 9.92. The minimum Gasteiger partial charge on any atom is -0.504 e. The number of rotatable bonds is 6. The maximum absolute atomic E-state index is 14.3. The fourth-order valence-corrected chi connectivity index (χ4v) is 8.16. The summed E-state index contributed by atoms with van der Waals surface area (Å²) in [5.74, 6) is -3.31. The maximum Gasteiger partial charge on any atom is 0.238 e. The average Bonchev–Trinajstić information content (AvgIpc) is 3.36. The van der Waals surface area contributed by atoms with Crippen LogP contribution in [0.1, 0.15) is 31.2 Å². The zero-order chi connectivity index (χ0) is 34.7. The van der Waals surface area contributed by atoms with Crippen LogP contribution in [0.15, 0.2) is 105 Å². The van der Waals surface area contributed by atoms with Gasteiger partial charge in [-0.3, -0.25) is 24.1 Å². The molecule has 4 atom stereocenters. The van der Waals surface area contributed by atoms with Crippen molar-refractivity contribution in [1.82, 2.24) is 0 Å². The van der Waals surface area contributed by atoms with E-state index in [2.05, 4.69) is 10.2 Å². The number of allylic oxidation sites excluding steroid dienone is 6. The van der Waals surface area contributed by atoms with Gasteiger partial charge in [-0.1, -0.05) is 11.6 Å². The van der Waals surface area contributed by atoms with Crippen molar-refractivity contribution in [2.24, 2.45) is 28.0 Å². The van der Waals surface area contributed by atoms with Crippen molar-refractivity contribution < 1.29 is 29.0 Å². The lowest BCUT2D eigenvalue weighted by atomic mass is 9.59. The molecule has 7 rings (SSSR count). The van der Waals surface area contributed by atoms with Crippen molar-refractivity contribution in [1.29, 1.82) is 0 Å². The highest BCUT2D eigenvalue weighted by molar-refractivity contribution is 14.1. The van der Waals surface area contributed by atoms with Crippen LogP contribution < -0.4 is 14.5 Å². The smallest absolute Gasteiger partial charge is 0.238 e. The lowest BCUT2D eigenvalue weighted by Crippen LogP contribution is -2.39. The van der Waals surface area contributed by atoms with Gasteiger partial charge in [0.1, 0.15) is 0 Å². The van der Waals surface area contributed by atoms with Crippen LogP contribution in [0.3, 0.4) is 0 Å². The summed E-state index contributed by atoms with van der Waals surface area (Å²) in [7, 11) is 5.38. The molecule has 11 heteroatoms. The molecule has 3 aromatic carbocycles. The molecular formula is C38H33IN4O6. The van der Waals surface area contributed by atoms with Gasteiger partial charge >= 0.3 is 0 Å². The summed E-state index contributed by atoms with van der Waals surface area (Å²) in [5, 5.41) is 19.2. The number of amides is 2. The van der Waals surface area contributed by atoms with Crippen molar-refractivity contribution in [2.45, 2.75) is 25.7 Å². The second-order valence-electron chi connectivity index (χ2n) is 12.9. The van der Waals surface area contributed by atoms with Gasteiger partial charge in [-0.25, -0.2) is 0 Å². The van der Waals surface area contributed by atoms with Crippen molar-refractivity contribution in [3.8, 4) is 11.5 Å².